The summed E-state index contributed by atoms with van der Waals surface area (Å²) in [7, 11) is 2.83. The summed E-state index contributed by atoms with van der Waals surface area (Å²) in [5.41, 5.74) is -6.81. The van der Waals surface area contributed by atoms with E-state index in [0.717, 1.165) is 41.8 Å². The van der Waals surface area contributed by atoms with Crippen molar-refractivity contribution in [3.05, 3.63) is 86.4 Å². The number of alkyl halides is 6. The molecule has 2 atom stereocenters. The largest absolute Gasteiger partial charge is 0.478 e. The zero-order chi connectivity index (χ0) is 30.7. The highest BCUT2D eigenvalue weighted by atomic mass is 35.5. The van der Waals surface area contributed by atoms with Crippen molar-refractivity contribution in [2.45, 2.75) is 30.8 Å². The number of aryl methyl sites for hydroxylation is 2. The first-order valence-corrected chi connectivity index (χ1v) is 12.0. The van der Waals surface area contributed by atoms with Crippen molar-refractivity contribution >= 4 is 28.6 Å². The number of carboxylic acids is 1. The number of carboxylic acid groups (broad SMARTS) is 1. The molecule has 0 saturated carbocycles. The molecule has 0 spiro atoms. The molecule has 8 nitrogen and oxygen atoms in total. The zero-order valence-corrected chi connectivity index (χ0v) is 22.1. The maximum Gasteiger partial charge on any atom is 0.422 e. The molecule has 0 amide bonds. The number of hydrogen-bond acceptors (Lipinski definition) is 5. The van der Waals surface area contributed by atoms with E-state index in [0.29, 0.717) is 17.8 Å². The molecule has 2 aromatic heterocycles. The van der Waals surface area contributed by atoms with Crippen LogP contribution in [0.2, 0.25) is 5.02 Å². The maximum atomic E-state index is 14.5. The van der Waals surface area contributed by atoms with E-state index in [1.54, 1.807) is 0 Å². The lowest BCUT2D eigenvalue weighted by molar-refractivity contribution is -0.274. The van der Waals surface area contributed by atoms with Gasteiger partial charge < -0.3 is 14.9 Å². The van der Waals surface area contributed by atoms with Crippen LogP contribution in [0.3, 0.4) is 0 Å². The van der Waals surface area contributed by atoms with Crippen LogP contribution in [0.1, 0.15) is 39.9 Å². The van der Waals surface area contributed by atoms with Gasteiger partial charge in [0.25, 0.3) is 0 Å². The Kier molecular flexibility index (Phi) is 7.37. The van der Waals surface area contributed by atoms with Crippen LogP contribution in [0.5, 0.6) is 11.6 Å². The monoisotopic (exact) mass is 603 g/mol. The van der Waals surface area contributed by atoms with Gasteiger partial charge in [0.2, 0.25) is 5.88 Å². The molecule has 4 rings (SSSR count). The second-order valence-electron chi connectivity index (χ2n) is 9.25. The van der Waals surface area contributed by atoms with Crippen molar-refractivity contribution in [2.75, 3.05) is 0 Å². The maximum absolute atomic E-state index is 14.5. The molecule has 0 radical (unpaired) electrons. The minimum absolute atomic E-state index is 0.152. The van der Waals surface area contributed by atoms with Gasteiger partial charge in [0, 0.05) is 37.3 Å². The van der Waals surface area contributed by atoms with E-state index in [2.05, 4.69) is 4.98 Å². The van der Waals surface area contributed by atoms with Gasteiger partial charge in [-0.2, -0.15) is 26.3 Å². The smallest absolute Gasteiger partial charge is 0.422 e. The highest BCUT2D eigenvalue weighted by molar-refractivity contribution is 6.31. The third-order valence-electron chi connectivity index (χ3n) is 6.85. The lowest BCUT2D eigenvalue weighted by Gasteiger charge is -2.37. The second-order valence-corrected chi connectivity index (χ2v) is 9.65. The van der Waals surface area contributed by atoms with Gasteiger partial charge in [0.1, 0.15) is 5.75 Å². The van der Waals surface area contributed by atoms with E-state index < -0.39 is 58.1 Å². The van der Waals surface area contributed by atoms with Crippen molar-refractivity contribution in [1.29, 1.82) is 0 Å². The third kappa shape index (κ3) is 5.12. The van der Waals surface area contributed by atoms with Gasteiger partial charge >= 0.3 is 24.0 Å². The average Bonchev–Trinajstić information content (AvgIpc) is 3.10. The normalized spacial score (nSPS) is 14.6. The molecular weight excluding hydrogens is 584 g/mol. The fraction of sp³-hybridized carbons (Fsp3) is 0.269. The Morgan fingerprint density at radius 2 is 1.63 bits per heavy atom. The number of imidazole rings is 1. The quantitative estimate of drug-likeness (QED) is 0.262. The van der Waals surface area contributed by atoms with Crippen LogP contribution in [-0.2, 0) is 25.9 Å². The summed E-state index contributed by atoms with van der Waals surface area (Å²) in [6.07, 6.45) is -9.79. The molecule has 2 heterocycles. The Hall–Kier alpha value is -4.04. The number of hydrogen-bond donors (Lipinski definition) is 2. The third-order valence-corrected chi connectivity index (χ3v) is 7.17. The number of rotatable bonds is 6. The standard InChI is InChI=1S/C26H20ClF6N3O5/c1-12(24(40,26(31,32)33)13-4-7-19-20(8-13)36(3)23(39)35(19)2)15-6-5-14(9-18(15)27)41-21-10-17(25(28,29)30)16(11-34-21)22(37)38/h4-12,40H,1-3H3,(H,37,38)/t12-,24-/m0/s1. The van der Waals surface area contributed by atoms with Gasteiger partial charge in [-0.25, -0.2) is 14.6 Å². The Balaban J connectivity index is 1.73. The summed E-state index contributed by atoms with van der Waals surface area (Å²) in [6.45, 7) is 1.09. The minimum atomic E-state index is -5.21. The van der Waals surface area contributed by atoms with Gasteiger partial charge in [0.15, 0.2) is 5.60 Å². The van der Waals surface area contributed by atoms with E-state index in [4.69, 9.17) is 21.4 Å². The van der Waals surface area contributed by atoms with Crippen LogP contribution in [0.15, 0.2) is 53.5 Å². The predicted octanol–water partition coefficient (Wildman–Crippen LogP) is 5.99. The summed E-state index contributed by atoms with van der Waals surface area (Å²) in [5.74, 6) is -4.44. The number of aliphatic hydroxyl groups is 1. The lowest BCUT2D eigenvalue weighted by Crippen LogP contribution is -2.46. The van der Waals surface area contributed by atoms with Crippen LogP contribution in [0.4, 0.5) is 26.3 Å². The van der Waals surface area contributed by atoms with E-state index in [1.807, 2.05) is 0 Å². The van der Waals surface area contributed by atoms with Crippen LogP contribution in [-0.4, -0.2) is 36.5 Å². The number of benzene rings is 2. The number of pyridine rings is 1. The van der Waals surface area contributed by atoms with E-state index >= 15 is 0 Å². The summed E-state index contributed by atoms with van der Waals surface area (Å²) in [5, 5.41) is 19.9. The minimum Gasteiger partial charge on any atom is -0.478 e. The number of fused-ring (bicyclic) bond motifs is 1. The van der Waals surface area contributed by atoms with E-state index in [9.17, 15) is 41.0 Å². The highest BCUT2D eigenvalue weighted by Gasteiger charge is 2.59. The molecule has 0 bridgehead atoms. The Morgan fingerprint density at radius 3 is 2.20 bits per heavy atom. The van der Waals surface area contributed by atoms with Crippen molar-refractivity contribution in [2.24, 2.45) is 14.1 Å². The summed E-state index contributed by atoms with van der Waals surface area (Å²) >= 11 is 6.26. The van der Waals surface area contributed by atoms with Crippen molar-refractivity contribution in [3.63, 3.8) is 0 Å². The number of aromatic nitrogens is 3. The molecule has 0 saturated heterocycles. The van der Waals surface area contributed by atoms with E-state index in [-0.39, 0.29) is 21.9 Å². The van der Waals surface area contributed by atoms with Crippen molar-refractivity contribution in [1.82, 2.24) is 14.1 Å². The molecule has 41 heavy (non-hydrogen) atoms. The fourth-order valence-electron chi connectivity index (χ4n) is 4.57. The molecule has 0 fully saturated rings. The predicted molar refractivity (Wildman–Crippen MR) is 134 cm³/mol. The number of nitrogens with zero attached hydrogens (tertiary/aromatic N) is 3. The molecule has 0 unspecified atom stereocenters. The van der Waals surface area contributed by atoms with Crippen LogP contribution in [0.25, 0.3) is 11.0 Å². The summed E-state index contributed by atoms with van der Waals surface area (Å²) in [6, 6.07) is 7.01. The van der Waals surface area contributed by atoms with Crippen LogP contribution >= 0.6 is 11.6 Å². The molecule has 0 aliphatic carbocycles. The first-order valence-electron chi connectivity index (χ1n) is 11.6. The van der Waals surface area contributed by atoms with Crippen LogP contribution < -0.4 is 10.4 Å². The number of ether oxygens (including phenoxy) is 1. The molecule has 218 valence electrons. The van der Waals surface area contributed by atoms with Crippen LogP contribution in [0, 0.1) is 0 Å². The Labute approximate surface area is 232 Å². The summed E-state index contributed by atoms with van der Waals surface area (Å²) < 4.78 is 91.1. The number of carbonyl (C=O) groups is 1. The Bertz CT molecular complexity index is 1730. The first kappa shape index (κ1) is 29.9. The fourth-order valence-corrected chi connectivity index (χ4v) is 4.90. The zero-order valence-electron chi connectivity index (χ0n) is 21.3. The molecule has 0 aliphatic heterocycles. The number of aromatic carboxylic acids is 1. The van der Waals surface area contributed by atoms with Gasteiger partial charge in [-0.3, -0.25) is 9.13 Å². The van der Waals surface area contributed by atoms with Crippen molar-refractivity contribution < 1.29 is 46.1 Å². The van der Waals surface area contributed by atoms with Gasteiger partial charge in [0.05, 0.1) is 22.2 Å². The topological polar surface area (TPSA) is 107 Å². The molecule has 2 aromatic carbocycles. The summed E-state index contributed by atoms with van der Waals surface area (Å²) in [4.78, 5) is 26.9. The van der Waals surface area contributed by atoms with Crippen molar-refractivity contribution in [3.8, 4) is 11.6 Å². The lowest BCUT2D eigenvalue weighted by atomic mass is 9.77. The van der Waals surface area contributed by atoms with E-state index in [1.165, 1.54) is 24.7 Å². The highest BCUT2D eigenvalue weighted by Crippen LogP contribution is 2.50. The molecule has 15 heteroatoms. The van der Waals surface area contributed by atoms with Gasteiger partial charge in [-0.15, -0.1) is 0 Å². The van der Waals surface area contributed by atoms with Gasteiger partial charge in [-0.05, 0) is 35.4 Å². The molecule has 0 aliphatic rings. The Morgan fingerprint density at radius 1 is 1.00 bits per heavy atom. The average molecular weight is 604 g/mol. The molecule has 4 aromatic rings. The number of halogens is 7. The molecule has 2 N–H and O–H groups in total. The SMILES string of the molecule is C[C@@H](c1ccc(Oc2cc(C(F)(F)F)c(C(=O)O)cn2)cc1Cl)[C@](O)(c1ccc2c(c1)n(C)c(=O)n2C)C(F)(F)F. The second kappa shape index (κ2) is 10.1. The van der Waals surface area contributed by atoms with Gasteiger partial charge in [-0.1, -0.05) is 30.7 Å². The molecular formula is C26H20ClF6N3O5. The first-order chi connectivity index (χ1) is 18.9.